The van der Waals surface area contributed by atoms with E-state index in [4.69, 9.17) is 28.1 Å². The maximum atomic E-state index is 13.5. The number of fused-ring (bicyclic) bond motifs is 4. The standard InChI is InChI=1S/C28H34O8/c1-16-10-11-17(2)26-22(35-28(4,5)36-26)9-7-8-20-21-12-19(14-29)34-23(21)13-24(32-15-31-6)25(20)27(30)33-18(16)3/h7-8,10-14,16-18,22,26H,9,15H2,1-6H3/b8-7?,11-10-/t16-,17?,18+,22+,26-/m1/s1. The van der Waals surface area contributed by atoms with Crippen LogP contribution in [0.3, 0.4) is 0 Å². The average Bonchev–Trinajstić information content (AvgIpc) is 3.39. The van der Waals surface area contributed by atoms with Crippen LogP contribution in [-0.2, 0) is 18.9 Å². The van der Waals surface area contributed by atoms with Crippen LogP contribution in [-0.4, -0.2) is 50.3 Å². The molecule has 8 heteroatoms. The van der Waals surface area contributed by atoms with E-state index in [-0.39, 0.29) is 47.9 Å². The Morgan fingerprint density at radius 3 is 2.58 bits per heavy atom. The van der Waals surface area contributed by atoms with Crippen LogP contribution in [0, 0.1) is 11.8 Å². The Hall–Kier alpha value is -2.94. The molecule has 4 rings (SSSR count). The van der Waals surface area contributed by atoms with Crippen molar-refractivity contribution in [3.05, 3.63) is 47.2 Å². The quantitative estimate of drug-likeness (QED) is 0.235. The molecule has 0 saturated carbocycles. The molecule has 2 aliphatic rings. The van der Waals surface area contributed by atoms with E-state index in [0.717, 1.165) is 0 Å². The van der Waals surface area contributed by atoms with E-state index in [9.17, 15) is 9.59 Å². The predicted molar refractivity (Wildman–Crippen MR) is 134 cm³/mol. The van der Waals surface area contributed by atoms with Gasteiger partial charge in [-0.1, -0.05) is 38.2 Å². The zero-order valence-corrected chi connectivity index (χ0v) is 21.6. The molecule has 5 atom stereocenters. The van der Waals surface area contributed by atoms with E-state index in [1.807, 2.05) is 39.8 Å². The summed E-state index contributed by atoms with van der Waals surface area (Å²) in [4.78, 5) is 25.0. The van der Waals surface area contributed by atoms with Gasteiger partial charge in [0.2, 0.25) is 0 Å². The fourth-order valence-electron chi connectivity index (χ4n) is 4.64. The van der Waals surface area contributed by atoms with Crippen molar-refractivity contribution >= 4 is 29.3 Å². The smallest absolute Gasteiger partial charge is 0.342 e. The van der Waals surface area contributed by atoms with Crippen molar-refractivity contribution in [2.45, 2.75) is 65.1 Å². The van der Waals surface area contributed by atoms with Crippen molar-refractivity contribution in [2.75, 3.05) is 13.9 Å². The molecule has 0 radical (unpaired) electrons. The first-order chi connectivity index (χ1) is 17.1. The maximum absolute atomic E-state index is 13.5. The van der Waals surface area contributed by atoms with Gasteiger partial charge in [0.05, 0.1) is 12.2 Å². The molecule has 0 bridgehead atoms. The summed E-state index contributed by atoms with van der Waals surface area (Å²) >= 11 is 0. The van der Waals surface area contributed by atoms with E-state index in [2.05, 4.69) is 19.1 Å². The number of cyclic esters (lactones) is 1. The number of rotatable bonds is 4. The highest BCUT2D eigenvalue weighted by Crippen LogP contribution is 2.38. The van der Waals surface area contributed by atoms with Gasteiger partial charge in [0.1, 0.15) is 23.0 Å². The van der Waals surface area contributed by atoms with E-state index >= 15 is 0 Å². The zero-order valence-electron chi connectivity index (χ0n) is 21.6. The maximum Gasteiger partial charge on any atom is 0.342 e. The highest BCUT2D eigenvalue weighted by Gasteiger charge is 2.42. The number of ether oxygens (including phenoxy) is 5. The largest absolute Gasteiger partial charge is 0.466 e. The van der Waals surface area contributed by atoms with Gasteiger partial charge in [-0.05, 0) is 33.3 Å². The fourth-order valence-corrected chi connectivity index (χ4v) is 4.64. The number of benzene rings is 1. The summed E-state index contributed by atoms with van der Waals surface area (Å²) in [6.45, 7) is 9.71. The Morgan fingerprint density at radius 1 is 1.11 bits per heavy atom. The van der Waals surface area contributed by atoms with E-state index in [0.29, 0.717) is 29.2 Å². The molecule has 0 amide bonds. The highest BCUT2D eigenvalue weighted by atomic mass is 16.8. The van der Waals surface area contributed by atoms with Crippen LogP contribution < -0.4 is 4.74 Å². The Morgan fingerprint density at radius 2 is 1.86 bits per heavy atom. The molecule has 1 fully saturated rings. The number of esters is 1. The van der Waals surface area contributed by atoms with Crippen LogP contribution in [0.1, 0.15) is 67.5 Å². The highest BCUT2D eigenvalue weighted by molar-refractivity contribution is 6.05. The normalized spacial score (nSPS) is 29.2. The third-order valence-electron chi connectivity index (χ3n) is 6.64. The SMILES string of the molecule is COCOc1cc2oc(C=O)cc2c2c1C(=O)O[C@@H](C)[C@H](C)/C=C\C(C)[C@H]1OC(C)(C)O[C@H]1CC=C2. The molecular formula is C28H34O8. The van der Waals surface area contributed by atoms with Crippen LogP contribution >= 0.6 is 0 Å². The predicted octanol–water partition coefficient (Wildman–Crippen LogP) is 5.54. The molecule has 194 valence electrons. The third kappa shape index (κ3) is 5.40. The lowest BCUT2D eigenvalue weighted by Gasteiger charge is -2.23. The van der Waals surface area contributed by atoms with Gasteiger partial charge in [0, 0.05) is 36.0 Å². The van der Waals surface area contributed by atoms with Crippen molar-refractivity contribution in [1.82, 2.24) is 0 Å². The lowest BCUT2D eigenvalue weighted by molar-refractivity contribution is -0.148. The topological polar surface area (TPSA) is 93.4 Å². The summed E-state index contributed by atoms with van der Waals surface area (Å²) in [5.41, 5.74) is 1.19. The van der Waals surface area contributed by atoms with Crippen LogP contribution in [0.5, 0.6) is 5.75 Å². The van der Waals surface area contributed by atoms with Gasteiger partial charge in [0.25, 0.3) is 0 Å². The van der Waals surface area contributed by atoms with E-state index in [1.165, 1.54) is 7.11 Å². The number of hydrogen-bond donors (Lipinski definition) is 0. The minimum absolute atomic E-state index is 0.0465. The van der Waals surface area contributed by atoms with Gasteiger partial charge in [-0.15, -0.1) is 0 Å². The lowest BCUT2D eigenvalue weighted by atomic mass is 9.94. The summed E-state index contributed by atoms with van der Waals surface area (Å²) in [6, 6.07) is 3.19. The Bertz CT molecular complexity index is 1170. The number of methoxy groups -OCH3 is 1. The summed E-state index contributed by atoms with van der Waals surface area (Å²) in [6.07, 6.45) is 8.37. The minimum Gasteiger partial charge on any atom is -0.466 e. The van der Waals surface area contributed by atoms with Crippen molar-refractivity contribution in [3.63, 3.8) is 0 Å². The number of hydrogen-bond acceptors (Lipinski definition) is 8. The second kappa shape index (κ2) is 10.6. The van der Waals surface area contributed by atoms with Crippen molar-refractivity contribution in [1.29, 1.82) is 0 Å². The van der Waals surface area contributed by atoms with Gasteiger partial charge < -0.3 is 28.1 Å². The number of aldehydes is 1. The van der Waals surface area contributed by atoms with Crippen LogP contribution in [0.4, 0.5) is 0 Å². The zero-order chi connectivity index (χ0) is 26.0. The number of carbonyl (C=O) groups is 2. The van der Waals surface area contributed by atoms with E-state index < -0.39 is 17.9 Å². The first kappa shape index (κ1) is 26.1. The van der Waals surface area contributed by atoms with Crippen LogP contribution in [0.2, 0.25) is 0 Å². The molecule has 0 N–H and O–H groups in total. The molecule has 1 aromatic carbocycles. The monoisotopic (exact) mass is 498 g/mol. The molecule has 1 aromatic heterocycles. The van der Waals surface area contributed by atoms with E-state index in [1.54, 1.807) is 12.1 Å². The number of carbonyl (C=O) groups excluding carboxylic acids is 2. The molecule has 3 heterocycles. The Kier molecular flexibility index (Phi) is 7.68. The van der Waals surface area contributed by atoms with Crippen molar-refractivity contribution in [3.8, 4) is 5.75 Å². The minimum atomic E-state index is -0.701. The van der Waals surface area contributed by atoms with Gasteiger partial charge in [-0.3, -0.25) is 4.79 Å². The van der Waals surface area contributed by atoms with Crippen LogP contribution in [0.15, 0.2) is 34.8 Å². The second-order valence-corrected chi connectivity index (χ2v) is 9.88. The second-order valence-electron chi connectivity index (χ2n) is 9.88. The van der Waals surface area contributed by atoms with Crippen molar-refractivity contribution < 1.29 is 37.7 Å². The Labute approximate surface area is 211 Å². The van der Waals surface area contributed by atoms with Gasteiger partial charge in [-0.25, -0.2) is 4.79 Å². The molecule has 36 heavy (non-hydrogen) atoms. The average molecular weight is 499 g/mol. The lowest BCUT2D eigenvalue weighted by Crippen LogP contribution is -2.29. The van der Waals surface area contributed by atoms with Gasteiger partial charge in [-0.2, -0.15) is 0 Å². The first-order valence-electron chi connectivity index (χ1n) is 12.2. The molecule has 2 aromatic rings. The fraction of sp³-hybridized carbons (Fsp3) is 0.500. The van der Waals surface area contributed by atoms with Gasteiger partial charge in [0.15, 0.2) is 24.6 Å². The molecule has 0 aliphatic carbocycles. The van der Waals surface area contributed by atoms with Gasteiger partial charge >= 0.3 is 5.97 Å². The summed E-state index contributed by atoms with van der Waals surface area (Å²) in [5, 5.41) is 0.603. The summed E-state index contributed by atoms with van der Waals surface area (Å²) in [5.74, 6) is -0.796. The van der Waals surface area contributed by atoms with Crippen molar-refractivity contribution in [2.24, 2.45) is 11.8 Å². The molecular weight excluding hydrogens is 464 g/mol. The number of furan rings is 1. The molecule has 1 saturated heterocycles. The first-order valence-corrected chi connectivity index (χ1v) is 12.2. The van der Waals surface area contributed by atoms with Crippen LogP contribution in [0.25, 0.3) is 17.0 Å². The molecule has 1 unspecified atom stereocenters. The summed E-state index contributed by atoms with van der Waals surface area (Å²) in [7, 11) is 1.49. The molecule has 2 aliphatic heterocycles. The molecule has 8 nitrogen and oxygen atoms in total. The Balaban J connectivity index is 1.87. The third-order valence-corrected chi connectivity index (χ3v) is 6.64. The molecule has 0 spiro atoms. The summed E-state index contributed by atoms with van der Waals surface area (Å²) < 4.78 is 34.9.